The Kier molecular flexibility index (Phi) is 5.27. The third-order valence-electron chi connectivity index (χ3n) is 3.80. The normalized spacial score (nSPS) is 11.8. The molecule has 7 heteroatoms. The lowest BCUT2D eigenvalue weighted by atomic mass is 10.1. The zero-order chi connectivity index (χ0) is 18.7. The highest BCUT2D eigenvalue weighted by Gasteiger charge is 2.12. The van der Waals surface area contributed by atoms with Gasteiger partial charge in [-0.15, -0.1) is 11.3 Å². The highest BCUT2D eigenvalue weighted by atomic mass is 32.1. The Morgan fingerprint density at radius 3 is 2.46 bits per heavy atom. The van der Waals surface area contributed by atoms with Crippen LogP contribution in [0.3, 0.4) is 0 Å². The summed E-state index contributed by atoms with van der Waals surface area (Å²) in [5.41, 5.74) is 3.05. The predicted octanol–water partition coefficient (Wildman–Crippen LogP) is 5.28. The summed E-state index contributed by atoms with van der Waals surface area (Å²) in [5, 5.41) is 8.31. The van der Waals surface area contributed by atoms with Gasteiger partial charge in [0.2, 0.25) is 0 Å². The van der Waals surface area contributed by atoms with E-state index in [-0.39, 0.29) is 0 Å². The molecule has 0 aliphatic rings. The minimum absolute atomic E-state index is 0.430. The first-order valence-electron chi connectivity index (χ1n) is 7.97. The molecule has 1 unspecified atom stereocenters. The maximum atomic E-state index is 13.3. The lowest BCUT2D eigenvalue weighted by Gasteiger charge is -2.15. The smallest absolute Gasteiger partial charge is 0.319 e. The van der Waals surface area contributed by atoms with Gasteiger partial charge in [0, 0.05) is 22.3 Å². The number of hydrogen-bond donors (Lipinski definition) is 2. The summed E-state index contributed by atoms with van der Waals surface area (Å²) in [6, 6.07) is 9.99. The van der Waals surface area contributed by atoms with Gasteiger partial charge in [-0.2, -0.15) is 0 Å². The molecule has 0 aliphatic heterocycles. The second-order valence-corrected chi connectivity index (χ2v) is 6.72. The fraction of sp³-hybridized carbons (Fsp3) is 0.158. The number of benzene rings is 2. The van der Waals surface area contributed by atoms with Gasteiger partial charge < -0.3 is 10.6 Å². The molecule has 3 rings (SSSR count). The topological polar surface area (TPSA) is 54.0 Å². The Morgan fingerprint density at radius 1 is 1.12 bits per heavy atom. The average Bonchev–Trinajstić information content (AvgIpc) is 3.04. The van der Waals surface area contributed by atoms with Crippen LogP contribution in [0, 0.1) is 18.6 Å². The molecule has 1 aromatic heterocycles. The number of nitrogens with one attached hydrogen (secondary N) is 2. The number of nitrogens with zero attached hydrogens (tertiary/aromatic N) is 1. The largest absolute Gasteiger partial charge is 0.331 e. The Morgan fingerprint density at radius 2 is 1.85 bits per heavy atom. The van der Waals surface area contributed by atoms with Crippen molar-refractivity contribution in [3.05, 3.63) is 70.7 Å². The van der Waals surface area contributed by atoms with E-state index in [1.165, 1.54) is 6.07 Å². The van der Waals surface area contributed by atoms with E-state index in [9.17, 15) is 13.6 Å². The molecule has 0 saturated carbocycles. The first-order chi connectivity index (χ1) is 12.4. The molecule has 2 N–H and O–H groups in total. The number of thiazole rings is 1. The molecule has 0 bridgehead atoms. The van der Waals surface area contributed by atoms with Crippen molar-refractivity contribution in [2.45, 2.75) is 19.9 Å². The summed E-state index contributed by atoms with van der Waals surface area (Å²) >= 11 is 1.56. The van der Waals surface area contributed by atoms with Gasteiger partial charge in [-0.25, -0.2) is 18.6 Å². The van der Waals surface area contributed by atoms with Crippen molar-refractivity contribution in [1.82, 2.24) is 10.3 Å². The van der Waals surface area contributed by atoms with E-state index in [0.29, 0.717) is 11.3 Å². The SMILES string of the molecule is Cc1csc(-c2ccc(NC(=O)NC(C)c3ccc(F)c(F)c3)cc2)n1. The van der Waals surface area contributed by atoms with Gasteiger partial charge in [0.25, 0.3) is 0 Å². The van der Waals surface area contributed by atoms with Gasteiger partial charge in [-0.3, -0.25) is 0 Å². The third-order valence-corrected chi connectivity index (χ3v) is 4.81. The van der Waals surface area contributed by atoms with Crippen LogP contribution in [0.25, 0.3) is 10.6 Å². The van der Waals surface area contributed by atoms with E-state index in [2.05, 4.69) is 15.6 Å². The molecule has 134 valence electrons. The van der Waals surface area contributed by atoms with Gasteiger partial charge in [0.05, 0.1) is 6.04 Å². The predicted molar refractivity (Wildman–Crippen MR) is 99.2 cm³/mol. The van der Waals surface area contributed by atoms with Crippen molar-refractivity contribution in [3.8, 4) is 10.6 Å². The third kappa shape index (κ3) is 4.23. The van der Waals surface area contributed by atoms with Crippen LogP contribution >= 0.6 is 11.3 Å². The van der Waals surface area contributed by atoms with Crippen LogP contribution in [-0.4, -0.2) is 11.0 Å². The molecular formula is C19H17F2N3OS. The van der Waals surface area contributed by atoms with E-state index in [4.69, 9.17) is 0 Å². The van der Waals surface area contributed by atoms with E-state index in [1.54, 1.807) is 30.4 Å². The molecule has 2 amide bonds. The minimum Gasteiger partial charge on any atom is -0.331 e. The number of aromatic nitrogens is 1. The molecule has 4 nitrogen and oxygen atoms in total. The number of anilines is 1. The number of hydrogen-bond acceptors (Lipinski definition) is 3. The first kappa shape index (κ1) is 18.0. The number of halogens is 2. The summed E-state index contributed by atoms with van der Waals surface area (Å²) in [5.74, 6) is -1.86. The van der Waals surface area contributed by atoms with Crippen molar-refractivity contribution in [2.24, 2.45) is 0 Å². The number of carbonyl (C=O) groups is 1. The summed E-state index contributed by atoms with van der Waals surface area (Å²) in [7, 11) is 0. The van der Waals surface area contributed by atoms with Crippen molar-refractivity contribution >= 4 is 23.1 Å². The molecular weight excluding hydrogens is 356 g/mol. The number of urea groups is 1. The molecule has 0 saturated heterocycles. The number of carbonyl (C=O) groups excluding carboxylic acids is 1. The Hall–Kier alpha value is -2.80. The molecule has 0 radical (unpaired) electrons. The zero-order valence-corrected chi connectivity index (χ0v) is 15.0. The van der Waals surface area contributed by atoms with Crippen LogP contribution in [0.15, 0.2) is 47.8 Å². The quantitative estimate of drug-likeness (QED) is 0.654. The van der Waals surface area contributed by atoms with Gasteiger partial charge in [-0.05, 0) is 55.8 Å². The van der Waals surface area contributed by atoms with Crippen LogP contribution in [0.4, 0.5) is 19.3 Å². The van der Waals surface area contributed by atoms with E-state index >= 15 is 0 Å². The van der Waals surface area contributed by atoms with E-state index in [1.807, 2.05) is 24.4 Å². The number of rotatable bonds is 4. The Bertz CT molecular complexity index is 925. The van der Waals surface area contributed by atoms with Gasteiger partial charge in [0.1, 0.15) is 5.01 Å². The standard InChI is InChI=1S/C19H17F2N3OS/c1-11-10-26-18(22-11)13-3-6-15(7-4-13)24-19(25)23-12(2)14-5-8-16(20)17(21)9-14/h3-10,12H,1-2H3,(H2,23,24,25). The lowest BCUT2D eigenvalue weighted by molar-refractivity contribution is 0.249. The highest BCUT2D eigenvalue weighted by molar-refractivity contribution is 7.13. The van der Waals surface area contributed by atoms with E-state index < -0.39 is 23.7 Å². The zero-order valence-electron chi connectivity index (χ0n) is 14.2. The monoisotopic (exact) mass is 373 g/mol. The fourth-order valence-corrected chi connectivity index (χ4v) is 3.22. The van der Waals surface area contributed by atoms with Gasteiger partial charge in [0.15, 0.2) is 11.6 Å². The molecule has 1 heterocycles. The van der Waals surface area contributed by atoms with Crippen molar-refractivity contribution in [3.63, 3.8) is 0 Å². The lowest BCUT2D eigenvalue weighted by Crippen LogP contribution is -2.31. The first-order valence-corrected chi connectivity index (χ1v) is 8.85. The van der Waals surface area contributed by atoms with Crippen LogP contribution in [0.1, 0.15) is 24.2 Å². The summed E-state index contributed by atoms with van der Waals surface area (Å²) in [4.78, 5) is 16.5. The Balaban J connectivity index is 1.61. The number of aryl methyl sites for hydroxylation is 1. The summed E-state index contributed by atoms with van der Waals surface area (Å²) < 4.78 is 26.3. The van der Waals surface area contributed by atoms with Gasteiger partial charge in [-0.1, -0.05) is 6.07 Å². The molecule has 1 atom stereocenters. The van der Waals surface area contributed by atoms with Crippen molar-refractivity contribution < 1.29 is 13.6 Å². The maximum Gasteiger partial charge on any atom is 0.319 e. The highest BCUT2D eigenvalue weighted by Crippen LogP contribution is 2.25. The van der Waals surface area contributed by atoms with Gasteiger partial charge >= 0.3 is 6.03 Å². The second-order valence-electron chi connectivity index (χ2n) is 5.87. The van der Waals surface area contributed by atoms with E-state index in [0.717, 1.165) is 28.4 Å². The van der Waals surface area contributed by atoms with Crippen LogP contribution in [-0.2, 0) is 0 Å². The van der Waals surface area contributed by atoms with Crippen LogP contribution in [0.2, 0.25) is 0 Å². The molecule has 2 aromatic carbocycles. The Labute approximate surface area is 153 Å². The average molecular weight is 373 g/mol. The summed E-state index contributed by atoms with van der Waals surface area (Å²) in [6.45, 7) is 3.63. The van der Waals surface area contributed by atoms with Crippen molar-refractivity contribution in [2.75, 3.05) is 5.32 Å². The molecule has 0 aliphatic carbocycles. The maximum absolute atomic E-state index is 13.3. The van der Waals surface area contributed by atoms with Crippen LogP contribution < -0.4 is 10.6 Å². The number of amides is 2. The van der Waals surface area contributed by atoms with Crippen LogP contribution in [0.5, 0.6) is 0 Å². The molecule has 0 fully saturated rings. The summed E-state index contributed by atoms with van der Waals surface area (Å²) in [6.07, 6.45) is 0. The molecule has 3 aromatic rings. The van der Waals surface area contributed by atoms with Crippen molar-refractivity contribution in [1.29, 1.82) is 0 Å². The second kappa shape index (κ2) is 7.61. The molecule has 0 spiro atoms. The minimum atomic E-state index is -0.940. The fourth-order valence-electron chi connectivity index (χ4n) is 2.41. The molecule has 26 heavy (non-hydrogen) atoms.